The third-order valence-corrected chi connectivity index (χ3v) is 7.30. The lowest BCUT2D eigenvalue weighted by Crippen LogP contribution is -2.47. The summed E-state index contributed by atoms with van der Waals surface area (Å²) < 4.78 is 24.6. The van der Waals surface area contributed by atoms with Gasteiger partial charge in [-0.1, -0.05) is 19.4 Å². The maximum Gasteiger partial charge on any atom is 0.154 e. The highest BCUT2D eigenvalue weighted by Crippen LogP contribution is 2.25. The highest BCUT2D eigenvalue weighted by atomic mass is 32.2. The quantitative estimate of drug-likeness (QED) is 0.841. The van der Waals surface area contributed by atoms with Gasteiger partial charge in [-0.2, -0.15) is 0 Å². The Morgan fingerprint density at radius 1 is 1.45 bits per heavy atom. The molecule has 20 heavy (non-hydrogen) atoms. The Hall–Kier alpha value is -0.390. The van der Waals surface area contributed by atoms with Crippen molar-refractivity contribution >= 4 is 21.2 Å². The highest BCUT2D eigenvalue weighted by Gasteiger charge is 2.34. The minimum atomic E-state index is -2.90. The zero-order valence-electron chi connectivity index (χ0n) is 12.2. The minimum Gasteiger partial charge on any atom is -0.313 e. The van der Waals surface area contributed by atoms with Crippen LogP contribution in [0.5, 0.6) is 0 Å². The summed E-state index contributed by atoms with van der Waals surface area (Å²) in [6.45, 7) is 3.03. The van der Waals surface area contributed by atoms with Crippen LogP contribution in [0.3, 0.4) is 0 Å². The zero-order valence-corrected chi connectivity index (χ0v) is 13.8. The predicted octanol–water partition coefficient (Wildman–Crippen LogP) is 3.02. The number of aryl methyl sites for hydroxylation is 1. The van der Waals surface area contributed by atoms with Gasteiger partial charge >= 0.3 is 0 Å². The number of hydrogen-bond acceptors (Lipinski definition) is 4. The molecule has 0 bridgehead atoms. The van der Waals surface area contributed by atoms with Crippen LogP contribution in [0.2, 0.25) is 0 Å². The molecule has 5 heteroatoms. The van der Waals surface area contributed by atoms with Gasteiger partial charge < -0.3 is 5.32 Å². The van der Waals surface area contributed by atoms with E-state index in [9.17, 15) is 8.42 Å². The van der Waals surface area contributed by atoms with Crippen LogP contribution in [0.1, 0.15) is 43.9 Å². The third-order valence-electron chi connectivity index (χ3n) is 4.02. The normalized spacial score (nSPS) is 23.6. The second kappa shape index (κ2) is 7.57. The molecule has 0 aromatic carbocycles. The van der Waals surface area contributed by atoms with Crippen LogP contribution in [-0.2, 0) is 16.3 Å². The second-order valence-corrected chi connectivity index (χ2v) is 8.95. The van der Waals surface area contributed by atoms with E-state index in [1.165, 1.54) is 4.88 Å². The van der Waals surface area contributed by atoms with Crippen LogP contribution >= 0.6 is 11.3 Å². The molecule has 1 aliphatic rings. The monoisotopic (exact) mass is 315 g/mol. The Bertz CT molecular complexity index is 482. The maximum atomic E-state index is 12.3. The van der Waals surface area contributed by atoms with Crippen molar-refractivity contribution in [2.45, 2.75) is 56.7 Å². The molecule has 2 rings (SSSR count). The largest absolute Gasteiger partial charge is 0.313 e. The molecule has 1 aliphatic heterocycles. The third kappa shape index (κ3) is 4.30. The molecule has 0 radical (unpaired) electrons. The van der Waals surface area contributed by atoms with E-state index in [2.05, 4.69) is 29.8 Å². The summed E-state index contributed by atoms with van der Waals surface area (Å²) in [5.74, 6) is 0.376. The Kier molecular flexibility index (Phi) is 6.05. The Balaban J connectivity index is 2.01. The van der Waals surface area contributed by atoms with Gasteiger partial charge in [0.15, 0.2) is 9.84 Å². The van der Waals surface area contributed by atoms with Crippen molar-refractivity contribution in [3.63, 3.8) is 0 Å². The van der Waals surface area contributed by atoms with Crippen molar-refractivity contribution in [3.05, 3.63) is 22.4 Å². The molecule has 1 fully saturated rings. The molecule has 1 aromatic heterocycles. The molecule has 0 saturated carbocycles. The number of sulfone groups is 1. The van der Waals surface area contributed by atoms with E-state index < -0.39 is 9.84 Å². The average Bonchev–Trinajstić information content (AvgIpc) is 2.92. The number of rotatable bonds is 7. The lowest BCUT2D eigenvalue weighted by Gasteiger charge is -2.31. The first-order valence-electron chi connectivity index (χ1n) is 7.61. The molecule has 3 nitrogen and oxygen atoms in total. The van der Waals surface area contributed by atoms with Crippen LogP contribution < -0.4 is 5.32 Å². The van der Waals surface area contributed by atoms with Gasteiger partial charge in [0.2, 0.25) is 0 Å². The molecule has 1 aromatic rings. The van der Waals surface area contributed by atoms with E-state index >= 15 is 0 Å². The van der Waals surface area contributed by atoms with Crippen LogP contribution in [-0.4, -0.2) is 32.0 Å². The zero-order chi connectivity index (χ0) is 14.4. The van der Waals surface area contributed by atoms with Crippen molar-refractivity contribution < 1.29 is 8.42 Å². The molecule has 2 unspecified atom stereocenters. The van der Waals surface area contributed by atoms with Gasteiger partial charge in [0.25, 0.3) is 0 Å². The molecule has 114 valence electrons. The lowest BCUT2D eigenvalue weighted by atomic mass is 10.0. The smallest absolute Gasteiger partial charge is 0.154 e. The minimum absolute atomic E-state index is 0.113. The van der Waals surface area contributed by atoms with Gasteiger partial charge in [-0.25, -0.2) is 8.42 Å². The number of hydrogen-bond donors (Lipinski definition) is 1. The fourth-order valence-corrected chi connectivity index (χ4v) is 5.83. The topological polar surface area (TPSA) is 46.2 Å². The van der Waals surface area contributed by atoms with Gasteiger partial charge in [0, 0.05) is 10.9 Å². The summed E-state index contributed by atoms with van der Waals surface area (Å²) >= 11 is 1.76. The van der Waals surface area contributed by atoms with Gasteiger partial charge in [-0.05, 0) is 50.1 Å². The van der Waals surface area contributed by atoms with Crippen LogP contribution in [0.25, 0.3) is 0 Å². The van der Waals surface area contributed by atoms with Crippen molar-refractivity contribution in [1.82, 2.24) is 5.32 Å². The Morgan fingerprint density at radius 2 is 2.30 bits per heavy atom. The van der Waals surface area contributed by atoms with E-state index in [4.69, 9.17) is 0 Å². The standard InChI is InChI=1S/C15H25NO2S2/c1-2-10-16-14(9-8-13-6-5-11-19-13)15-7-3-4-12-20(15,17)18/h5-6,11,14-16H,2-4,7-10,12H2,1H3. The SMILES string of the molecule is CCCNC(CCc1cccs1)C1CCCCS1(=O)=O. The van der Waals surface area contributed by atoms with Crippen molar-refractivity contribution in [3.8, 4) is 0 Å². The number of thiophene rings is 1. The Labute approximate surface area is 126 Å². The van der Waals surface area contributed by atoms with Gasteiger partial charge in [0.05, 0.1) is 11.0 Å². The molecule has 1 saturated heterocycles. The van der Waals surface area contributed by atoms with Gasteiger partial charge in [-0.15, -0.1) is 11.3 Å². The predicted molar refractivity (Wildman–Crippen MR) is 86.1 cm³/mol. The molecule has 2 heterocycles. The maximum absolute atomic E-state index is 12.3. The van der Waals surface area contributed by atoms with E-state index in [0.717, 1.165) is 45.1 Å². The summed E-state index contributed by atoms with van der Waals surface area (Å²) in [4.78, 5) is 1.35. The Morgan fingerprint density at radius 3 is 2.95 bits per heavy atom. The average molecular weight is 316 g/mol. The van der Waals surface area contributed by atoms with E-state index in [1.807, 2.05) is 0 Å². The number of nitrogens with one attached hydrogen (secondary N) is 1. The van der Waals surface area contributed by atoms with Gasteiger partial charge in [0.1, 0.15) is 0 Å². The summed E-state index contributed by atoms with van der Waals surface area (Å²) in [5, 5.41) is 5.39. The van der Waals surface area contributed by atoms with Crippen molar-refractivity contribution in [2.75, 3.05) is 12.3 Å². The fraction of sp³-hybridized carbons (Fsp3) is 0.733. The van der Waals surface area contributed by atoms with E-state index in [0.29, 0.717) is 5.75 Å². The summed E-state index contributed by atoms with van der Waals surface area (Å²) in [6.07, 6.45) is 5.66. The molecule has 0 aliphatic carbocycles. The van der Waals surface area contributed by atoms with E-state index in [1.54, 1.807) is 11.3 Å². The highest BCUT2D eigenvalue weighted by molar-refractivity contribution is 7.92. The fourth-order valence-electron chi connectivity index (χ4n) is 2.93. The van der Waals surface area contributed by atoms with Gasteiger partial charge in [-0.3, -0.25) is 0 Å². The molecule has 0 spiro atoms. The molecule has 0 amide bonds. The van der Waals surface area contributed by atoms with Crippen LogP contribution in [0.4, 0.5) is 0 Å². The first kappa shape index (κ1) is 16.0. The molecular weight excluding hydrogens is 290 g/mol. The lowest BCUT2D eigenvalue weighted by molar-refractivity contribution is 0.417. The molecule has 2 atom stereocenters. The molecule has 1 N–H and O–H groups in total. The van der Waals surface area contributed by atoms with Crippen molar-refractivity contribution in [1.29, 1.82) is 0 Å². The first-order valence-corrected chi connectivity index (χ1v) is 10.2. The van der Waals surface area contributed by atoms with Crippen LogP contribution in [0.15, 0.2) is 17.5 Å². The summed E-state index contributed by atoms with van der Waals surface area (Å²) in [5.41, 5.74) is 0. The van der Waals surface area contributed by atoms with E-state index in [-0.39, 0.29) is 11.3 Å². The molecular formula is C15H25NO2S2. The first-order chi connectivity index (χ1) is 9.63. The van der Waals surface area contributed by atoms with Crippen LogP contribution in [0, 0.1) is 0 Å². The van der Waals surface area contributed by atoms with Crippen molar-refractivity contribution in [2.24, 2.45) is 0 Å². The summed E-state index contributed by atoms with van der Waals surface area (Å²) in [6, 6.07) is 4.31. The second-order valence-electron chi connectivity index (χ2n) is 5.58. The summed E-state index contributed by atoms with van der Waals surface area (Å²) in [7, 11) is -2.90.